The maximum absolute atomic E-state index is 5.38. The number of rotatable bonds is 9. The fraction of sp³-hybridized carbons (Fsp3) is 0.238. The number of aromatic nitrogens is 2. The summed E-state index contributed by atoms with van der Waals surface area (Å²) in [6.07, 6.45) is 3.78. The van der Waals surface area contributed by atoms with Crippen molar-refractivity contribution in [1.29, 1.82) is 0 Å². The van der Waals surface area contributed by atoms with Gasteiger partial charge in [-0.2, -0.15) is 4.98 Å². The Morgan fingerprint density at radius 3 is 2.59 bits per heavy atom. The monoisotopic (exact) mass is 364 g/mol. The minimum atomic E-state index is 0.495. The lowest BCUT2D eigenvalue weighted by Crippen LogP contribution is -2.07. The number of hydrogen-bond donors (Lipinski definition) is 2. The zero-order valence-electron chi connectivity index (χ0n) is 15.6. The molecule has 0 aliphatic heterocycles. The lowest BCUT2D eigenvalue weighted by atomic mass is 10.1. The molecule has 27 heavy (non-hydrogen) atoms. The van der Waals surface area contributed by atoms with Crippen molar-refractivity contribution < 1.29 is 9.47 Å². The van der Waals surface area contributed by atoms with Gasteiger partial charge in [0.2, 0.25) is 5.95 Å². The Kier molecular flexibility index (Phi) is 6.46. The Bertz CT molecular complexity index is 856. The van der Waals surface area contributed by atoms with E-state index in [0.717, 1.165) is 36.6 Å². The fourth-order valence-corrected chi connectivity index (χ4v) is 2.70. The molecule has 0 unspecified atom stereocenters. The smallest absolute Gasteiger partial charge is 0.229 e. The molecule has 0 fully saturated rings. The van der Waals surface area contributed by atoms with E-state index in [-0.39, 0.29) is 0 Å². The fourth-order valence-electron chi connectivity index (χ4n) is 2.70. The normalized spacial score (nSPS) is 10.3. The van der Waals surface area contributed by atoms with Crippen LogP contribution in [0.5, 0.6) is 11.5 Å². The zero-order valence-corrected chi connectivity index (χ0v) is 15.6. The molecule has 3 aromatic rings. The van der Waals surface area contributed by atoms with Crippen LogP contribution in [0.3, 0.4) is 0 Å². The molecule has 0 saturated heterocycles. The van der Waals surface area contributed by atoms with Crippen LogP contribution in [0.1, 0.15) is 12.0 Å². The SMILES string of the molecule is COc1ccc(OC)c(Nc2nccc(NCCCc3ccccc3)n2)c1. The van der Waals surface area contributed by atoms with Crippen LogP contribution < -0.4 is 20.1 Å². The number of nitrogens with zero attached hydrogens (tertiary/aromatic N) is 2. The van der Waals surface area contributed by atoms with Gasteiger partial charge in [0.05, 0.1) is 19.9 Å². The lowest BCUT2D eigenvalue weighted by molar-refractivity contribution is 0.405. The number of nitrogens with one attached hydrogen (secondary N) is 2. The summed E-state index contributed by atoms with van der Waals surface area (Å²) in [6, 6.07) is 17.9. The number of hydrogen-bond acceptors (Lipinski definition) is 6. The van der Waals surface area contributed by atoms with E-state index in [4.69, 9.17) is 9.47 Å². The first-order valence-electron chi connectivity index (χ1n) is 8.88. The highest BCUT2D eigenvalue weighted by Crippen LogP contribution is 2.30. The summed E-state index contributed by atoms with van der Waals surface area (Å²) in [4.78, 5) is 8.80. The van der Waals surface area contributed by atoms with Crippen molar-refractivity contribution in [2.75, 3.05) is 31.4 Å². The van der Waals surface area contributed by atoms with Gasteiger partial charge >= 0.3 is 0 Å². The standard InChI is InChI=1S/C21H24N4O2/c1-26-17-10-11-19(27-2)18(15-17)24-21-23-14-12-20(25-21)22-13-6-9-16-7-4-3-5-8-16/h3-5,7-8,10-12,14-15H,6,9,13H2,1-2H3,(H2,22,23,24,25). The second kappa shape index (κ2) is 9.43. The van der Waals surface area contributed by atoms with Gasteiger partial charge in [-0.25, -0.2) is 4.98 Å². The van der Waals surface area contributed by atoms with Gasteiger partial charge in [0, 0.05) is 18.8 Å². The average Bonchev–Trinajstić information content (AvgIpc) is 2.72. The highest BCUT2D eigenvalue weighted by atomic mass is 16.5. The minimum absolute atomic E-state index is 0.495. The molecule has 0 saturated carbocycles. The van der Waals surface area contributed by atoms with E-state index in [9.17, 15) is 0 Å². The summed E-state index contributed by atoms with van der Waals surface area (Å²) in [5, 5.41) is 6.53. The highest BCUT2D eigenvalue weighted by molar-refractivity contribution is 5.65. The van der Waals surface area contributed by atoms with Crippen molar-refractivity contribution in [3.63, 3.8) is 0 Å². The zero-order chi connectivity index (χ0) is 18.9. The first-order chi connectivity index (χ1) is 13.3. The van der Waals surface area contributed by atoms with Crippen molar-refractivity contribution in [3.05, 3.63) is 66.4 Å². The maximum atomic E-state index is 5.38. The molecule has 0 aliphatic rings. The Morgan fingerprint density at radius 2 is 1.81 bits per heavy atom. The largest absolute Gasteiger partial charge is 0.497 e. The molecule has 3 rings (SSSR count). The number of benzene rings is 2. The lowest BCUT2D eigenvalue weighted by Gasteiger charge is -2.12. The predicted molar refractivity (Wildman–Crippen MR) is 108 cm³/mol. The van der Waals surface area contributed by atoms with Crippen LogP contribution in [0.4, 0.5) is 17.5 Å². The van der Waals surface area contributed by atoms with Crippen molar-refractivity contribution in [2.24, 2.45) is 0 Å². The summed E-state index contributed by atoms with van der Waals surface area (Å²) >= 11 is 0. The van der Waals surface area contributed by atoms with Gasteiger partial charge in [0.1, 0.15) is 17.3 Å². The third-order valence-corrected chi connectivity index (χ3v) is 4.10. The van der Waals surface area contributed by atoms with Gasteiger partial charge in [-0.15, -0.1) is 0 Å². The first-order valence-corrected chi connectivity index (χ1v) is 8.88. The molecule has 0 spiro atoms. The van der Waals surface area contributed by atoms with E-state index in [1.165, 1.54) is 5.56 Å². The molecule has 2 N–H and O–H groups in total. The molecule has 0 amide bonds. The Morgan fingerprint density at radius 1 is 0.963 bits per heavy atom. The van der Waals surface area contributed by atoms with Gasteiger partial charge in [-0.05, 0) is 36.6 Å². The molecule has 0 bridgehead atoms. The molecular formula is C21H24N4O2. The molecule has 0 atom stereocenters. The highest BCUT2D eigenvalue weighted by Gasteiger charge is 2.07. The Labute approximate surface area is 159 Å². The van der Waals surface area contributed by atoms with E-state index in [2.05, 4.69) is 44.9 Å². The molecule has 140 valence electrons. The van der Waals surface area contributed by atoms with Gasteiger partial charge < -0.3 is 20.1 Å². The van der Waals surface area contributed by atoms with E-state index in [1.807, 2.05) is 30.3 Å². The molecule has 0 radical (unpaired) electrons. The van der Waals surface area contributed by atoms with Crippen molar-refractivity contribution in [1.82, 2.24) is 9.97 Å². The van der Waals surface area contributed by atoms with Gasteiger partial charge in [0.15, 0.2) is 0 Å². The predicted octanol–water partition coefficient (Wildman–Crippen LogP) is 4.28. The summed E-state index contributed by atoms with van der Waals surface area (Å²) in [5.41, 5.74) is 2.09. The van der Waals surface area contributed by atoms with Gasteiger partial charge in [-0.1, -0.05) is 30.3 Å². The van der Waals surface area contributed by atoms with Gasteiger partial charge in [-0.3, -0.25) is 0 Å². The van der Waals surface area contributed by atoms with Gasteiger partial charge in [0.25, 0.3) is 0 Å². The number of aryl methyl sites for hydroxylation is 1. The topological polar surface area (TPSA) is 68.3 Å². The van der Waals surface area contributed by atoms with Crippen LogP contribution in [-0.2, 0) is 6.42 Å². The van der Waals surface area contributed by atoms with Crippen LogP contribution in [0.15, 0.2) is 60.8 Å². The van der Waals surface area contributed by atoms with Crippen molar-refractivity contribution >= 4 is 17.5 Å². The van der Waals surface area contributed by atoms with E-state index in [0.29, 0.717) is 11.7 Å². The van der Waals surface area contributed by atoms with Crippen LogP contribution in [0, 0.1) is 0 Å². The van der Waals surface area contributed by atoms with E-state index >= 15 is 0 Å². The summed E-state index contributed by atoms with van der Waals surface area (Å²) in [6.45, 7) is 0.841. The quantitative estimate of drug-likeness (QED) is 0.552. The summed E-state index contributed by atoms with van der Waals surface area (Å²) < 4.78 is 10.6. The molecule has 1 aromatic heterocycles. The van der Waals surface area contributed by atoms with Crippen molar-refractivity contribution in [3.8, 4) is 11.5 Å². The molecular weight excluding hydrogens is 340 g/mol. The maximum Gasteiger partial charge on any atom is 0.229 e. The number of ether oxygens (including phenoxy) is 2. The molecule has 0 aliphatic carbocycles. The second-order valence-electron chi connectivity index (χ2n) is 5.97. The Hall–Kier alpha value is -3.28. The number of anilines is 3. The van der Waals surface area contributed by atoms with Crippen LogP contribution in [0.25, 0.3) is 0 Å². The Balaban J connectivity index is 1.59. The van der Waals surface area contributed by atoms with Crippen LogP contribution in [-0.4, -0.2) is 30.7 Å². The minimum Gasteiger partial charge on any atom is -0.497 e. The molecule has 6 nitrogen and oxygen atoms in total. The molecule has 6 heteroatoms. The third kappa shape index (κ3) is 5.34. The second-order valence-corrected chi connectivity index (χ2v) is 5.97. The summed E-state index contributed by atoms with van der Waals surface area (Å²) in [5.74, 6) is 2.70. The van der Waals surface area contributed by atoms with E-state index < -0.39 is 0 Å². The van der Waals surface area contributed by atoms with E-state index in [1.54, 1.807) is 20.4 Å². The average molecular weight is 364 g/mol. The summed E-state index contributed by atoms with van der Waals surface area (Å²) in [7, 11) is 3.25. The van der Waals surface area contributed by atoms with Crippen LogP contribution in [0.2, 0.25) is 0 Å². The van der Waals surface area contributed by atoms with Crippen LogP contribution >= 0.6 is 0 Å². The molecule has 2 aromatic carbocycles. The molecule has 1 heterocycles. The number of methoxy groups -OCH3 is 2. The third-order valence-electron chi connectivity index (χ3n) is 4.10. The first kappa shape index (κ1) is 18.5. The van der Waals surface area contributed by atoms with Crippen molar-refractivity contribution in [2.45, 2.75) is 12.8 Å².